The Morgan fingerprint density at radius 1 is 1.30 bits per heavy atom. The number of piperidine rings is 1. The lowest BCUT2D eigenvalue weighted by atomic mass is 10.0. The van der Waals surface area contributed by atoms with E-state index in [1.54, 1.807) is 32.4 Å². The van der Waals surface area contributed by atoms with E-state index in [0.29, 0.717) is 23.5 Å². The van der Waals surface area contributed by atoms with E-state index in [1.165, 1.54) is 11.6 Å². The van der Waals surface area contributed by atoms with Crippen molar-refractivity contribution in [1.82, 2.24) is 9.88 Å². The van der Waals surface area contributed by atoms with E-state index < -0.39 is 0 Å². The number of hydrogen-bond acceptors (Lipinski definition) is 6. The number of hydrogen-bond donors (Lipinski definition) is 1. The van der Waals surface area contributed by atoms with Gasteiger partial charge in [0.1, 0.15) is 11.6 Å². The summed E-state index contributed by atoms with van der Waals surface area (Å²) in [6, 6.07) is 10.4. The first-order valence-corrected chi connectivity index (χ1v) is 10.6. The number of methoxy groups -OCH3 is 1. The summed E-state index contributed by atoms with van der Waals surface area (Å²) >= 11 is 6.39. The number of carbonyl (C=O) groups is 1. The zero-order valence-electron chi connectivity index (χ0n) is 17.4. The minimum absolute atomic E-state index is 0.336. The third-order valence-electron chi connectivity index (χ3n) is 5.05. The highest BCUT2D eigenvalue weighted by molar-refractivity contribution is 6.33. The molecule has 160 valence electrons. The van der Waals surface area contributed by atoms with Gasteiger partial charge in [-0.3, -0.25) is 4.90 Å². The highest BCUT2D eigenvalue weighted by Crippen LogP contribution is 2.24. The van der Waals surface area contributed by atoms with Crippen LogP contribution in [0.3, 0.4) is 0 Å². The van der Waals surface area contributed by atoms with Gasteiger partial charge in [-0.1, -0.05) is 23.7 Å². The molecule has 1 N–H and O–H groups in total. The molecule has 3 rings (SSSR count). The molecule has 1 aromatic heterocycles. The Morgan fingerprint density at radius 2 is 2.03 bits per heavy atom. The average molecular weight is 430 g/mol. The molecular formula is C23H28ClN3O3. The molecule has 7 heteroatoms. The predicted molar refractivity (Wildman–Crippen MR) is 120 cm³/mol. The van der Waals surface area contributed by atoms with E-state index >= 15 is 0 Å². The van der Waals surface area contributed by atoms with Gasteiger partial charge in [-0.2, -0.15) is 0 Å². The Bertz CT molecular complexity index is 862. The van der Waals surface area contributed by atoms with Gasteiger partial charge >= 0.3 is 5.97 Å². The number of benzene rings is 1. The monoisotopic (exact) mass is 429 g/mol. The van der Waals surface area contributed by atoms with Crippen LogP contribution in [0, 0.1) is 0 Å². The number of ether oxygens (including phenoxy) is 2. The number of nitrogens with zero attached hydrogens (tertiary/aromatic N) is 2. The summed E-state index contributed by atoms with van der Waals surface area (Å²) in [5, 5.41) is 4.00. The van der Waals surface area contributed by atoms with Crippen LogP contribution in [-0.4, -0.2) is 48.7 Å². The van der Waals surface area contributed by atoms with E-state index in [1.807, 2.05) is 12.1 Å². The minimum Gasteiger partial charge on any atom is -0.497 e. The van der Waals surface area contributed by atoms with E-state index in [9.17, 15) is 4.79 Å². The second-order valence-electron chi connectivity index (χ2n) is 7.23. The Balaban J connectivity index is 1.48. The maximum absolute atomic E-state index is 11.4. The number of pyridine rings is 1. The molecule has 1 aliphatic rings. The van der Waals surface area contributed by atoms with Crippen LogP contribution in [-0.2, 0) is 16.1 Å². The molecule has 0 unspecified atom stereocenters. The number of halogens is 1. The molecule has 2 aromatic rings. The molecule has 30 heavy (non-hydrogen) atoms. The number of carbonyl (C=O) groups excluding carboxylic acids is 1. The first-order chi connectivity index (χ1) is 14.6. The topological polar surface area (TPSA) is 63.7 Å². The summed E-state index contributed by atoms with van der Waals surface area (Å²) in [4.78, 5) is 18.3. The van der Waals surface area contributed by atoms with Crippen LogP contribution in [0.1, 0.15) is 30.9 Å². The molecular weight excluding hydrogens is 402 g/mol. The van der Waals surface area contributed by atoms with Crippen LogP contribution >= 0.6 is 11.6 Å². The fraction of sp³-hybridized carbons (Fsp3) is 0.391. The van der Waals surface area contributed by atoms with Crippen molar-refractivity contribution in [1.29, 1.82) is 0 Å². The summed E-state index contributed by atoms with van der Waals surface area (Å²) in [7, 11) is 1.68. The van der Waals surface area contributed by atoms with Crippen LogP contribution in [0.4, 0.5) is 5.82 Å². The molecule has 0 bridgehead atoms. The highest BCUT2D eigenvalue weighted by atomic mass is 35.5. The first kappa shape index (κ1) is 22.1. The quantitative estimate of drug-likeness (QED) is 0.495. The van der Waals surface area contributed by atoms with Gasteiger partial charge in [-0.25, -0.2) is 9.78 Å². The number of nitrogens with one attached hydrogen (secondary N) is 1. The molecule has 0 atom stereocenters. The van der Waals surface area contributed by atoms with Crippen LogP contribution < -0.4 is 10.1 Å². The van der Waals surface area contributed by atoms with Crippen LogP contribution in [0.25, 0.3) is 6.08 Å². The van der Waals surface area contributed by atoms with Gasteiger partial charge in [0.25, 0.3) is 0 Å². The van der Waals surface area contributed by atoms with Crippen molar-refractivity contribution in [2.75, 3.05) is 32.1 Å². The van der Waals surface area contributed by atoms with Crippen molar-refractivity contribution >= 4 is 29.5 Å². The van der Waals surface area contributed by atoms with Crippen LogP contribution in [0.2, 0.25) is 5.02 Å². The maximum atomic E-state index is 11.4. The zero-order valence-corrected chi connectivity index (χ0v) is 18.2. The molecule has 0 spiro atoms. The second-order valence-corrected chi connectivity index (χ2v) is 7.63. The number of anilines is 1. The van der Waals surface area contributed by atoms with E-state index in [-0.39, 0.29) is 5.97 Å². The molecule has 0 saturated carbocycles. The van der Waals surface area contributed by atoms with Crippen molar-refractivity contribution in [2.45, 2.75) is 32.4 Å². The minimum atomic E-state index is -0.378. The first-order valence-electron chi connectivity index (χ1n) is 10.2. The van der Waals surface area contributed by atoms with E-state index in [4.69, 9.17) is 21.1 Å². The van der Waals surface area contributed by atoms with E-state index in [2.05, 4.69) is 27.3 Å². The van der Waals surface area contributed by atoms with Crippen molar-refractivity contribution < 1.29 is 14.3 Å². The molecule has 0 amide bonds. The van der Waals surface area contributed by atoms with Gasteiger partial charge < -0.3 is 14.8 Å². The molecule has 1 fully saturated rings. The lowest BCUT2D eigenvalue weighted by Gasteiger charge is -2.32. The van der Waals surface area contributed by atoms with Gasteiger partial charge in [-0.15, -0.1) is 0 Å². The third kappa shape index (κ3) is 6.47. The molecule has 0 radical (unpaired) electrons. The molecule has 1 saturated heterocycles. The highest BCUT2D eigenvalue weighted by Gasteiger charge is 2.20. The number of aromatic nitrogens is 1. The summed E-state index contributed by atoms with van der Waals surface area (Å²) in [6.45, 7) is 5.10. The summed E-state index contributed by atoms with van der Waals surface area (Å²) in [5.74, 6) is 1.18. The van der Waals surface area contributed by atoms with Gasteiger partial charge in [0.05, 0.1) is 18.7 Å². The summed E-state index contributed by atoms with van der Waals surface area (Å²) < 4.78 is 10.1. The molecule has 2 heterocycles. The maximum Gasteiger partial charge on any atom is 0.330 e. The van der Waals surface area contributed by atoms with Gasteiger partial charge in [0.2, 0.25) is 0 Å². The average Bonchev–Trinajstić information content (AvgIpc) is 2.76. The summed E-state index contributed by atoms with van der Waals surface area (Å²) in [6.07, 6.45) is 6.78. The largest absolute Gasteiger partial charge is 0.497 e. The molecule has 0 aliphatic carbocycles. The predicted octanol–water partition coefficient (Wildman–Crippen LogP) is 4.40. The van der Waals surface area contributed by atoms with Crippen molar-refractivity contribution in [3.05, 3.63) is 58.8 Å². The van der Waals surface area contributed by atoms with Crippen molar-refractivity contribution in [3.63, 3.8) is 0 Å². The van der Waals surface area contributed by atoms with Crippen LogP contribution in [0.15, 0.2) is 42.6 Å². The number of likely N-dealkylation sites (tertiary alicyclic amines) is 1. The summed E-state index contributed by atoms with van der Waals surface area (Å²) in [5.41, 5.74) is 2.05. The Morgan fingerprint density at radius 3 is 2.67 bits per heavy atom. The Hall–Kier alpha value is -2.57. The smallest absolute Gasteiger partial charge is 0.330 e. The van der Waals surface area contributed by atoms with Crippen LogP contribution in [0.5, 0.6) is 5.75 Å². The molecule has 1 aliphatic heterocycles. The van der Waals surface area contributed by atoms with Crippen molar-refractivity contribution in [3.8, 4) is 5.75 Å². The second kappa shape index (κ2) is 11.0. The SMILES string of the molecule is CCOC(=O)C=Cc1cnc(NC2CCN(Cc3ccc(OC)cc3)CC2)c(Cl)c1. The van der Waals surface area contributed by atoms with Crippen molar-refractivity contribution in [2.24, 2.45) is 0 Å². The standard InChI is InChI=1S/C23H28ClN3O3/c1-3-30-22(28)9-6-18-14-21(24)23(25-15-18)26-19-10-12-27(13-11-19)16-17-4-7-20(29-2)8-5-17/h4-9,14-15,19H,3,10-13,16H2,1-2H3,(H,25,26). The number of rotatable bonds is 8. The lowest BCUT2D eigenvalue weighted by Crippen LogP contribution is -2.38. The lowest BCUT2D eigenvalue weighted by molar-refractivity contribution is -0.137. The number of esters is 1. The molecule has 1 aromatic carbocycles. The molecule has 6 nitrogen and oxygen atoms in total. The fourth-order valence-electron chi connectivity index (χ4n) is 3.42. The Labute approximate surface area is 182 Å². The Kier molecular flexibility index (Phi) is 8.11. The van der Waals surface area contributed by atoms with E-state index in [0.717, 1.165) is 43.8 Å². The zero-order chi connectivity index (χ0) is 21.3. The van der Waals surface area contributed by atoms with Gasteiger partial charge in [-0.05, 0) is 55.2 Å². The van der Waals surface area contributed by atoms with Gasteiger partial charge in [0, 0.05) is 37.9 Å². The normalized spacial score (nSPS) is 15.3. The fourth-order valence-corrected chi connectivity index (χ4v) is 3.65. The van der Waals surface area contributed by atoms with Gasteiger partial charge in [0.15, 0.2) is 0 Å². The third-order valence-corrected chi connectivity index (χ3v) is 5.34.